The molecule has 1 N–H and O–H groups in total. The van der Waals surface area contributed by atoms with E-state index in [0.717, 1.165) is 37.7 Å². The molecule has 1 aliphatic rings. The molecular weight excluding hydrogens is 390 g/mol. The molecule has 0 spiro atoms. The number of amides is 1. The smallest absolute Gasteiger partial charge is 0.293 e. The van der Waals surface area contributed by atoms with Crippen molar-refractivity contribution in [1.82, 2.24) is 0 Å². The van der Waals surface area contributed by atoms with Gasteiger partial charge in [0.25, 0.3) is 5.91 Å². The molecule has 0 radical (unpaired) electrons. The SMILES string of the molecule is C[C@@H](C(=O)Nc1ccc(N2CCOCC2)cc1)[n+]1ccc(C(=O)c2ccccc2)cc1. The summed E-state index contributed by atoms with van der Waals surface area (Å²) in [6.07, 6.45) is 3.53. The van der Waals surface area contributed by atoms with Gasteiger partial charge in [0.2, 0.25) is 6.04 Å². The van der Waals surface area contributed by atoms with Gasteiger partial charge in [0.1, 0.15) is 0 Å². The van der Waals surface area contributed by atoms with Gasteiger partial charge >= 0.3 is 0 Å². The molecule has 158 valence electrons. The number of morpholine rings is 1. The van der Waals surface area contributed by atoms with Gasteiger partial charge in [-0.3, -0.25) is 9.59 Å². The van der Waals surface area contributed by atoms with Crippen LogP contribution in [0.15, 0.2) is 79.1 Å². The summed E-state index contributed by atoms with van der Waals surface area (Å²) in [5, 5.41) is 2.96. The minimum Gasteiger partial charge on any atom is -0.378 e. The Bertz CT molecular complexity index is 1030. The minimum atomic E-state index is -0.417. The number of carbonyl (C=O) groups excluding carboxylic acids is 2. The summed E-state index contributed by atoms with van der Waals surface area (Å²) in [6.45, 7) is 5.06. The number of hydrogen-bond acceptors (Lipinski definition) is 4. The fourth-order valence-electron chi connectivity index (χ4n) is 3.56. The van der Waals surface area contributed by atoms with E-state index >= 15 is 0 Å². The van der Waals surface area contributed by atoms with Gasteiger partial charge in [-0.1, -0.05) is 30.3 Å². The van der Waals surface area contributed by atoms with Crippen molar-refractivity contribution >= 4 is 23.1 Å². The number of nitrogens with zero attached hydrogens (tertiary/aromatic N) is 2. The monoisotopic (exact) mass is 416 g/mol. The highest BCUT2D eigenvalue weighted by atomic mass is 16.5. The molecule has 0 saturated carbocycles. The van der Waals surface area contributed by atoms with Gasteiger partial charge in [-0.2, -0.15) is 4.57 Å². The zero-order chi connectivity index (χ0) is 21.6. The third-order valence-corrected chi connectivity index (χ3v) is 5.49. The number of pyridine rings is 1. The number of carbonyl (C=O) groups is 2. The van der Waals surface area contributed by atoms with Crippen molar-refractivity contribution in [3.8, 4) is 0 Å². The van der Waals surface area contributed by atoms with Gasteiger partial charge < -0.3 is 15.0 Å². The second-order valence-corrected chi connectivity index (χ2v) is 7.54. The van der Waals surface area contributed by atoms with E-state index in [0.29, 0.717) is 11.1 Å². The summed E-state index contributed by atoms with van der Waals surface area (Å²) in [6, 6.07) is 20.1. The summed E-state index contributed by atoms with van der Waals surface area (Å²) < 4.78 is 7.18. The fourth-order valence-corrected chi connectivity index (χ4v) is 3.56. The number of benzene rings is 2. The molecule has 1 aromatic heterocycles. The highest BCUT2D eigenvalue weighted by Crippen LogP contribution is 2.19. The summed E-state index contributed by atoms with van der Waals surface area (Å²) in [5.41, 5.74) is 3.12. The highest BCUT2D eigenvalue weighted by Gasteiger charge is 2.23. The van der Waals surface area contributed by atoms with Crippen molar-refractivity contribution in [3.05, 3.63) is 90.3 Å². The van der Waals surface area contributed by atoms with Crippen LogP contribution >= 0.6 is 0 Å². The summed E-state index contributed by atoms with van der Waals surface area (Å²) >= 11 is 0. The number of nitrogens with one attached hydrogen (secondary N) is 1. The lowest BCUT2D eigenvalue weighted by atomic mass is 10.0. The number of hydrogen-bond donors (Lipinski definition) is 1. The van der Waals surface area contributed by atoms with E-state index in [9.17, 15) is 9.59 Å². The van der Waals surface area contributed by atoms with Gasteiger partial charge in [-0.25, -0.2) is 0 Å². The maximum atomic E-state index is 12.7. The van der Waals surface area contributed by atoms with Crippen LogP contribution in [0.4, 0.5) is 11.4 Å². The molecular formula is C25H26N3O3+. The third kappa shape index (κ3) is 4.98. The molecule has 1 saturated heterocycles. The minimum absolute atomic E-state index is 0.0368. The van der Waals surface area contributed by atoms with E-state index in [4.69, 9.17) is 4.74 Å². The lowest BCUT2D eigenvalue weighted by molar-refractivity contribution is -0.705. The Hall–Kier alpha value is -3.51. The first kappa shape index (κ1) is 20.8. The Morgan fingerprint density at radius 2 is 1.52 bits per heavy atom. The summed E-state index contributed by atoms with van der Waals surface area (Å²) in [5.74, 6) is -0.156. The average Bonchev–Trinajstić information content (AvgIpc) is 2.85. The summed E-state index contributed by atoms with van der Waals surface area (Å²) in [7, 11) is 0. The zero-order valence-electron chi connectivity index (χ0n) is 17.5. The molecule has 6 heteroatoms. The van der Waals surface area contributed by atoms with Crippen LogP contribution in [0.1, 0.15) is 28.9 Å². The number of rotatable bonds is 6. The van der Waals surface area contributed by atoms with Crippen LogP contribution in [-0.4, -0.2) is 38.0 Å². The number of aromatic nitrogens is 1. The average molecular weight is 417 g/mol. The Kier molecular flexibility index (Phi) is 6.38. The van der Waals surface area contributed by atoms with Crippen LogP contribution in [0.5, 0.6) is 0 Å². The molecule has 1 fully saturated rings. The Morgan fingerprint density at radius 3 is 2.16 bits per heavy atom. The van der Waals surface area contributed by atoms with Crippen LogP contribution < -0.4 is 14.8 Å². The van der Waals surface area contributed by atoms with Gasteiger partial charge in [0, 0.05) is 54.6 Å². The standard InChI is InChI=1S/C25H25N3O3/c1-19(27-13-11-21(12-14-27)24(29)20-5-3-2-4-6-20)25(30)26-22-7-9-23(10-8-22)28-15-17-31-18-16-28/h2-14,19H,15-18H2,1H3/p+1/t19-/m0/s1. The molecule has 0 aliphatic carbocycles. The molecule has 2 heterocycles. The molecule has 2 aromatic carbocycles. The van der Waals surface area contributed by atoms with Gasteiger partial charge in [-0.15, -0.1) is 0 Å². The summed E-state index contributed by atoms with van der Waals surface area (Å²) in [4.78, 5) is 27.5. The van der Waals surface area contributed by atoms with E-state index in [-0.39, 0.29) is 11.7 Å². The van der Waals surface area contributed by atoms with E-state index in [1.54, 1.807) is 41.2 Å². The molecule has 31 heavy (non-hydrogen) atoms. The van der Waals surface area contributed by atoms with Crippen LogP contribution in [0, 0.1) is 0 Å². The second-order valence-electron chi connectivity index (χ2n) is 7.54. The zero-order valence-corrected chi connectivity index (χ0v) is 17.5. The third-order valence-electron chi connectivity index (χ3n) is 5.49. The second kappa shape index (κ2) is 9.53. The Morgan fingerprint density at radius 1 is 0.903 bits per heavy atom. The first-order valence-corrected chi connectivity index (χ1v) is 10.5. The highest BCUT2D eigenvalue weighted by molar-refractivity contribution is 6.08. The van der Waals surface area contributed by atoms with Crippen molar-refractivity contribution in [2.24, 2.45) is 0 Å². The normalized spacial score (nSPS) is 14.7. The lowest BCUT2D eigenvalue weighted by Crippen LogP contribution is -2.44. The first-order valence-electron chi connectivity index (χ1n) is 10.5. The number of ketones is 1. The van der Waals surface area contributed by atoms with E-state index in [1.165, 1.54) is 0 Å². The Balaban J connectivity index is 1.38. The molecule has 0 bridgehead atoms. The van der Waals surface area contributed by atoms with Crippen molar-refractivity contribution in [2.75, 3.05) is 36.5 Å². The number of anilines is 2. The van der Waals surface area contributed by atoms with Crippen molar-refractivity contribution in [2.45, 2.75) is 13.0 Å². The molecule has 1 aliphatic heterocycles. The van der Waals surface area contributed by atoms with Gasteiger partial charge in [0.15, 0.2) is 18.2 Å². The van der Waals surface area contributed by atoms with Crippen molar-refractivity contribution < 1.29 is 18.9 Å². The molecule has 1 amide bonds. The maximum Gasteiger partial charge on any atom is 0.293 e. The largest absolute Gasteiger partial charge is 0.378 e. The van der Waals surface area contributed by atoms with E-state index in [2.05, 4.69) is 10.2 Å². The van der Waals surface area contributed by atoms with Crippen LogP contribution in [0.2, 0.25) is 0 Å². The molecule has 3 aromatic rings. The maximum absolute atomic E-state index is 12.7. The Labute approximate surface area is 182 Å². The molecule has 1 atom stereocenters. The quantitative estimate of drug-likeness (QED) is 0.495. The predicted molar refractivity (Wildman–Crippen MR) is 119 cm³/mol. The van der Waals surface area contributed by atoms with Gasteiger partial charge in [0.05, 0.1) is 13.2 Å². The number of ether oxygens (including phenoxy) is 1. The van der Waals surface area contributed by atoms with E-state index < -0.39 is 6.04 Å². The fraction of sp³-hybridized carbons (Fsp3) is 0.240. The van der Waals surface area contributed by atoms with Crippen LogP contribution in [0.25, 0.3) is 0 Å². The lowest BCUT2D eigenvalue weighted by Gasteiger charge is -2.28. The van der Waals surface area contributed by atoms with Gasteiger partial charge in [-0.05, 0) is 24.3 Å². The topological polar surface area (TPSA) is 62.5 Å². The first-order chi connectivity index (χ1) is 15.1. The van der Waals surface area contributed by atoms with Crippen molar-refractivity contribution in [3.63, 3.8) is 0 Å². The molecule has 0 unspecified atom stereocenters. The van der Waals surface area contributed by atoms with E-state index in [1.807, 2.05) is 49.4 Å². The van der Waals surface area contributed by atoms with Crippen LogP contribution in [-0.2, 0) is 9.53 Å². The van der Waals surface area contributed by atoms with Crippen LogP contribution in [0.3, 0.4) is 0 Å². The molecule has 4 rings (SSSR count). The molecule has 6 nitrogen and oxygen atoms in total. The predicted octanol–water partition coefficient (Wildman–Crippen LogP) is 3.24. The van der Waals surface area contributed by atoms with Crippen molar-refractivity contribution in [1.29, 1.82) is 0 Å².